The molecule has 0 bridgehead atoms. The number of nitrogens with zero attached hydrogens (tertiary/aromatic N) is 4. The highest BCUT2D eigenvalue weighted by molar-refractivity contribution is 8.00. The highest BCUT2D eigenvalue weighted by Gasteiger charge is 2.20. The number of aryl methyl sites for hydroxylation is 1. The molecule has 0 spiro atoms. The molecule has 134 valence electrons. The maximum absolute atomic E-state index is 12.4. The van der Waals surface area contributed by atoms with Crippen LogP contribution >= 0.6 is 11.8 Å². The molecule has 0 saturated heterocycles. The summed E-state index contributed by atoms with van der Waals surface area (Å²) >= 11 is 1.25. The molecule has 3 aromatic rings. The first-order valence-corrected chi connectivity index (χ1v) is 9.13. The van der Waals surface area contributed by atoms with E-state index in [9.17, 15) is 4.79 Å². The van der Waals surface area contributed by atoms with Gasteiger partial charge in [0.05, 0.1) is 5.25 Å². The third kappa shape index (κ3) is 4.02. The molecule has 2 heterocycles. The van der Waals surface area contributed by atoms with Gasteiger partial charge in [-0.2, -0.15) is 0 Å². The Balaban J connectivity index is 1.66. The number of thioether (sulfide) groups is 1. The second-order valence-corrected chi connectivity index (χ2v) is 7.03. The van der Waals surface area contributed by atoms with Gasteiger partial charge in [0, 0.05) is 23.6 Å². The van der Waals surface area contributed by atoms with E-state index >= 15 is 0 Å². The van der Waals surface area contributed by atoms with E-state index in [1.165, 1.54) is 22.0 Å². The SMILES string of the molecule is CCc1ccc(NC(=O)[C@H](C)Sc2nnc(-c3cccnc3)n2N)cc1. The number of amides is 1. The number of hydrogen-bond acceptors (Lipinski definition) is 6. The third-order valence-corrected chi connectivity index (χ3v) is 4.92. The maximum Gasteiger partial charge on any atom is 0.237 e. The van der Waals surface area contributed by atoms with Gasteiger partial charge in [-0.1, -0.05) is 30.8 Å². The maximum atomic E-state index is 12.4. The third-order valence-electron chi connectivity index (χ3n) is 3.87. The van der Waals surface area contributed by atoms with Crippen LogP contribution in [0.5, 0.6) is 0 Å². The van der Waals surface area contributed by atoms with Crippen LogP contribution in [-0.2, 0) is 11.2 Å². The van der Waals surface area contributed by atoms with Gasteiger partial charge in [0.15, 0.2) is 5.82 Å². The predicted molar refractivity (Wildman–Crippen MR) is 103 cm³/mol. The highest BCUT2D eigenvalue weighted by Crippen LogP contribution is 2.25. The standard InChI is InChI=1S/C18H20N6OS/c1-3-13-6-8-15(9-7-13)21-17(25)12(2)26-18-23-22-16(24(18)19)14-5-4-10-20-11-14/h4-12H,3,19H2,1-2H3,(H,21,25)/t12-/m0/s1. The first-order chi connectivity index (χ1) is 12.6. The fourth-order valence-electron chi connectivity index (χ4n) is 2.33. The molecule has 2 aromatic heterocycles. The molecular weight excluding hydrogens is 348 g/mol. The first kappa shape index (κ1) is 17.9. The molecule has 0 radical (unpaired) electrons. The predicted octanol–water partition coefficient (Wildman–Crippen LogP) is 2.74. The van der Waals surface area contributed by atoms with E-state index < -0.39 is 0 Å². The number of carbonyl (C=O) groups is 1. The Morgan fingerprint density at radius 3 is 2.69 bits per heavy atom. The van der Waals surface area contributed by atoms with E-state index in [2.05, 4.69) is 27.4 Å². The van der Waals surface area contributed by atoms with Crippen molar-refractivity contribution < 1.29 is 4.79 Å². The summed E-state index contributed by atoms with van der Waals surface area (Å²) < 4.78 is 1.38. The Morgan fingerprint density at radius 1 is 1.27 bits per heavy atom. The van der Waals surface area contributed by atoms with Crippen molar-refractivity contribution in [2.45, 2.75) is 30.7 Å². The van der Waals surface area contributed by atoms with E-state index in [0.29, 0.717) is 11.0 Å². The van der Waals surface area contributed by atoms with Gasteiger partial charge in [0.1, 0.15) is 0 Å². The molecule has 0 unspecified atom stereocenters. The molecule has 1 aromatic carbocycles. The Kier molecular flexibility index (Phi) is 5.52. The highest BCUT2D eigenvalue weighted by atomic mass is 32.2. The molecule has 8 heteroatoms. The molecule has 1 atom stereocenters. The fourth-order valence-corrected chi connectivity index (χ4v) is 3.10. The van der Waals surface area contributed by atoms with Gasteiger partial charge < -0.3 is 11.2 Å². The van der Waals surface area contributed by atoms with E-state index in [0.717, 1.165) is 17.7 Å². The van der Waals surface area contributed by atoms with Crippen LogP contribution in [0.15, 0.2) is 53.9 Å². The molecular formula is C18H20N6OS. The van der Waals surface area contributed by atoms with Gasteiger partial charge in [-0.3, -0.25) is 9.78 Å². The number of pyridine rings is 1. The zero-order valence-corrected chi connectivity index (χ0v) is 15.4. The van der Waals surface area contributed by atoms with Gasteiger partial charge >= 0.3 is 0 Å². The van der Waals surface area contributed by atoms with Crippen LogP contribution < -0.4 is 11.2 Å². The minimum Gasteiger partial charge on any atom is -0.335 e. The van der Waals surface area contributed by atoms with Crippen molar-refractivity contribution in [3.05, 3.63) is 54.4 Å². The van der Waals surface area contributed by atoms with Crippen molar-refractivity contribution in [3.63, 3.8) is 0 Å². The van der Waals surface area contributed by atoms with Crippen LogP contribution in [0.1, 0.15) is 19.4 Å². The van der Waals surface area contributed by atoms with Gasteiger partial charge in [-0.25, -0.2) is 4.68 Å². The molecule has 0 aliphatic heterocycles. The van der Waals surface area contributed by atoms with Crippen molar-refractivity contribution in [2.75, 3.05) is 11.2 Å². The lowest BCUT2D eigenvalue weighted by molar-refractivity contribution is -0.115. The monoisotopic (exact) mass is 368 g/mol. The summed E-state index contributed by atoms with van der Waals surface area (Å²) in [5.41, 5.74) is 2.76. The molecule has 0 aliphatic carbocycles. The molecule has 0 fully saturated rings. The second-order valence-electron chi connectivity index (χ2n) is 5.72. The lowest BCUT2D eigenvalue weighted by Gasteiger charge is -2.12. The average Bonchev–Trinajstić information content (AvgIpc) is 3.03. The van der Waals surface area contributed by atoms with Gasteiger partial charge in [-0.05, 0) is 43.2 Å². The summed E-state index contributed by atoms with van der Waals surface area (Å²) in [5.74, 6) is 6.46. The normalized spacial score (nSPS) is 11.9. The Bertz CT molecular complexity index is 878. The Morgan fingerprint density at radius 2 is 2.04 bits per heavy atom. The second kappa shape index (κ2) is 8.01. The zero-order valence-electron chi connectivity index (χ0n) is 14.6. The Labute approximate surface area is 156 Å². The van der Waals surface area contributed by atoms with E-state index in [1.807, 2.05) is 30.3 Å². The number of hydrogen-bond donors (Lipinski definition) is 2. The van der Waals surface area contributed by atoms with Crippen LogP contribution in [0, 0.1) is 0 Å². The fraction of sp³-hybridized carbons (Fsp3) is 0.222. The smallest absolute Gasteiger partial charge is 0.237 e. The van der Waals surface area contributed by atoms with Crippen molar-refractivity contribution in [2.24, 2.45) is 0 Å². The van der Waals surface area contributed by atoms with Gasteiger partial charge in [0.25, 0.3) is 0 Å². The molecule has 26 heavy (non-hydrogen) atoms. The van der Waals surface area contributed by atoms with Crippen LogP contribution in [0.2, 0.25) is 0 Å². The number of rotatable bonds is 6. The summed E-state index contributed by atoms with van der Waals surface area (Å²) in [6, 6.07) is 11.5. The number of nitrogens with one attached hydrogen (secondary N) is 1. The minimum atomic E-state index is -0.380. The molecule has 3 rings (SSSR count). The van der Waals surface area contributed by atoms with E-state index in [4.69, 9.17) is 5.84 Å². The van der Waals surface area contributed by atoms with Gasteiger partial charge in [-0.15, -0.1) is 10.2 Å². The van der Waals surface area contributed by atoms with E-state index in [1.54, 1.807) is 25.4 Å². The Hall–Kier alpha value is -2.87. The molecule has 0 aliphatic rings. The largest absolute Gasteiger partial charge is 0.335 e. The lowest BCUT2D eigenvalue weighted by atomic mass is 10.1. The molecule has 7 nitrogen and oxygen atoms in total. The topological polar surface area (TPSA) is 98.7 Å². The van der Waals surface area contributed by atoms with Crippen LogP contribution in [0.25, 0.3) is 11.4 Å². The van der Waals surface area contributed by atoms with Crippen molar-refractivity contribution in [1.82, 2.24) is 19.9 Å². The minimum absolute atomic E-state index is 0.120. The summed E-state index contributed by atoms with van der Waals surface area (Å²) in [5, 5.41) is 11.2. The quantitative estimate of drug-likeness (QED) is 0.513. The number of aromatic nitrogens is 4. The summed E-state index contributed by atoms with van der Waals surface area (Å²) in [7, 11) is 0. The summed E-state index contributed by atoms with van der Waals surface area (Å²) in [6.45, 7) is 3.90. The zero-order chi connectivity index (χ0) is 18.5. The van der Waals surface area contributed by atoms with Crippen molar-refractivity contribution >= 4 is 23.4 Å². The van der Waals surface area contributed by atoms with Crippen molar-refractivity contribution in [3.8, 4) is 11.4 Å². The summed E-state index contributed by atoms with van der Waals surface area (Å²) in [4.78, 5) is 16.5. The number of benzene rings is 1. The molecule has 0 saturated carbocycles. The van der Waals surface area contributed by atoms with Crippen LogP contribution in [0.3, 0.4) is 0 Å². The first-order valence-electron chi connectivity index (χ1n) is 8.26. The number of nitrogens with two attached hydrogens (primary N) is 1. The van der Waals surface area contributed by atoms with Crippen LogP contribution in [-0.4, -0.2) is 31.0 Å². The summed E-state index contributed by atoms with van der Waals surface area (Å²) in [6.07, 6.45) is 4.31. The average molecular weight is 368 g/mol. The van der Waals surface area contributed by atoms with Gasteiger partial charge in [0.2, 0.25) is 11.1 Å². The number of nitrogen functional groups attached to an aromatic ring is 1. The van der Waals surface area contributed by atoms with Crippen molar-refractivity contribution in [1.29, 1.82) is 0 Å². The lowest BCUT2D eigenvalue weighted by Crippen LogP contribution is -2.23. The molecule has 3 N–H and O–H groups in total. The van der Waals surface area contributed by atoms with E-state index in [-0.39, 0.29) is 11.2 Å². The molecule has 1 amide bonds. The number of carbonyl (C=O) groups excluding carboxylic acids is 1. The van der Waals surface area contributed by atoms with Crippen LogP contribution in [0.4, 0.5) is 5.69 Å². The number of anilines is 1.